The fourth-order valence-corrected chi connectivity index (χ4v) is 2.32. The van der Waals surface area contributed by atoms with Crippen LogP contribution in [-0.4, -0.2) is 10.9 Å². The lowest BCUT2D eigenvalue weighted by atomic mass is 10.1. The lowest BCUT2D eigenvalue weighted by Crippen LogP contribution is -2.06. The normalized spacial score (nSPS) is 11.0. The SMILES string of the molecule is CC(=O)Nc1cc(/C=C/c2ccccc2)nc2ccccc12. The van der Waals surface area contributed by atoms with Crippen molar-refractivity contribution >= 4 is 34.6 Å². The highest BCUT2D eigenvalue weighted by atomic mass is 16.1. The number of benzene rings is 2. The summed E-state index contributed by atoms with van der Waals surface area (Å²) < 4.78 is 0. The predicted octanol–water partition coefficient (Wildman–Crippen LogP) is 4.36. The summed E-state index contributed by atoms with van der Waals surface area (Å²) in [7, 11) is 0. The zero-order valence-corrected chi connectivity index (χ0v) is 12.3. The maximum absolute atomic E-state index is 11.4. The van der Waals surface area contributed by atoms with E-state index in [4.69, 9.17) is 0 Å². The number of para-hydroxylation sites is 1. The van der Waals surface area contributed by atoms with Crippen LogP contribution in [0.2, 0.25) is 0 Å². The number of amides is 1. The van der Waals surface area contributed by atoms with Crippen molar-refractivity contribution in [3.05, 3.63) is 71.9 Å². The molecule has 3 nitrogen and oxygen atoms in total. The molecule has 0 aliphatic carbocycles. The maximum atomic E-state index is 11.4. The first-order valence-corrected chi connectivity index (χ1v) is 7.13. The van der Waals surface area contributed by atoms with Gasteiger partial charge in [-0.15, -0.1) is 0 Å². The third kappa shape index (κ3) is 3.20. The molecule has 0 saturated carbocycles. The van der Waals surface area contributed by atoms with E-state index in [1.165, 1.54) is 6.92 Å². The average molecular weight is 288 g/mol. The van der Waals surface area contributed by atoms with Gasteiger partial charge in [-0.2, -0.15) is 0 Å². The summed E-state index contributed by atoms with van der Waals surface area (Å²) in [4.78, 5) is 16.0. The van der Waals surface area contributed by atoms with Gasteiger partial charge in [-0.1, -0.05) is 54.6 Å². The van der Waals surface area contributed by atoms with Crippen LogP contribution in [0.15, 0.2) is 60.7 Å². The number of pyridine rings is 1. The fraction of sp³-hybridized carbons (Fsp3) is 0.0526. The molecule has 1 aromatic heterocycles. The third-order valence-corrected chi connectivity index (χ3v) is 3.29. The number of carbonyl (C=O) groups is 1. The van der Waals surface area contributed by atoms with E-state index in [-0.39, 0.29) is 5.91 Å². The Morgan fingerprint density at radius 2 is 1.73 bits per heavy atom. The standard InChI is InChI=1S/C19H16N2O/c1-14(22)20-19-13-16(12-11-15-7-3-2-4-8-15)21-18-10-6-5-9-17(18)19/h2-13H,1H3,(H,20,21,22)/b12-11+. The summed E-state index contributed by atoms with van der Waals surface area (Å²) in [5.41, 5.74) is 3.57. The van der Waals surface area contributed by atoms with Gasteiger partial charge in [0.25, 0.3) is 0 Å². The molecule has 0 atom stereocenters. The molecule has 0 unspecified atom stereocenters. The topological polar surface area (TPSA) is 42.0 Å². The molecule has 0 spiro atoms. The first-order valence-electron chi connectivity index (χ1n) is 7.13. The number of nitrogens with one attached hydrogen (secondary N) is 1. The van der Waals surface area contributed by atoms with Crippen molar-refractivity contribution in [2.45, 2.75) is 6.92 Å². The summed E-state index contributed by atoms with van der Waals surface area (Å²) in [5.74, 6) is -0.0886. The summed E-state index contributed by atoms with van der Waals surface area (Å²) in [6.45, 7) is 1.51. The first kappa shape index (κ1) is 14.0. The Morgan fingerprint density at radius 3 is 2.50 bits per heavy atom. The van der Waals surface area contributed by atoms with Gasteiger partial charge in [0.05, 0.1) is 16.9 Å². The highest BCUT2D eigenvalue weighted by Gasteiger charge is 2.05. The van der Waals surface area contributed by atoms with Gasteiger partial charge in [0.15, 0.2) is 0 Å². The number of aromatic nitrogens is 1. The molecule has 3 heteroatoms. The summed E-state index contributed by atoms with van der Waals surface area (Å²) in [6.07, 6.45) is 3.96. The van der Waals surface area contributed by atoms with Crippen molar-refractivity contribution in [2.75, 3.05) is 5.32 Å². The zero-order chi connectivity index (χ0) is 15.4. The van der Waals surface area contributed by atoms with E-state index >= 15 is 0 Å². The lowest BCUT2D eigenvalue weighted by Gasteiger charge is -2.08. The number of hydrogen-bond acceptors (Lipinski definition) is 2. The van der Waals surface area contributed by atoms with E-state index in [1.807, 2.05) is 72.8 Å². The average Bonchev–Trinajstić information content (AvgIpc) is 2.53. The van der Waals surface area contributed by atoms with Gasteiger partial charge in [-0.25, -0.2) is 4.98 Å². The van der Waals surface area contributed by atoms with Crippen LogP contribution in [-0.2, 0) is 4.79 Å². The molecule has 22 heavy (non-hydrogen) atoms. The molecule has 108 valence electrons. The number of fused-ring (bicyclic) bond motifs is 1. The summed E-state index contributed by atoms with van der Waals surface area (Å²) in [6, 6.07) is 19.7. The molecule has 1 amide bonds. The highest BCUT2D eigenvalue weighted by Crippen LogP contribution is 2.24. The van der Waals surface area contributed by atoms with E-state index in [9.17, 15) is 4.79 Å². The maximum Gasteiger partial charge on any atom is 0.221 e. The number of hydrogen-bond donors (Lipinski definition) is 1. The van der Waals surface area contributed by atoms with Crippen LogP contribution in [0.4, 0.5) is 5.69 Å². The van der Waals surface area contributed by atoms with Crippen molar-refractivity contribution in [3.63, 3.8) is 0 Å². The Morgan fingerprint density at radius 1 is 1.00 bits per heavy atom. The van der Waals surface area contributed by atoms with Crippen LogP contribution in [0.3, 0.4) is 0 Å². The molecule has 3 aromatic rings. The molecule has 3 rings (SSSR count). The Hall–Kier alpha value is -2.94. The van der Waals surface area contributed by atoms with Crippen LogP contribution < -0.4 is 5.32 Å². The van der Waals surface area contributed by atoms with Crippen molar-refractivity contribution in [3.8, 4) is 0 Å². The van der Waals surface area contributed by atoms with Crippen LogP contribution >= 0.6 is 0 Å². The van der Waals surface area contributed by atoms with E-state index in [1.54, 1.807) is 0 Å². The second-order valence-corrected chi connectivity index (χ2v) is 5.04. The minimum atomic E-state index is -0.0886. The van der Waals surface area contributed by atoms with E-state index < -0.39 is 0 Å². The molecular formula is C19H16N2O. The Bertz CT molecular complexity index is 838. The van der Waals surface area contributed by atoms with Gasteiger partial charge in [0, 0.05) is 12.3 Å². The molecule has 0 aliphatic rings. The van der Waals surface area contributed by atoms with Crippen LogP contribution in [0.25, 0.3) is 23.1 Å². The molecule has 0 aliphatic heterocycles. The van der Waals surface area contributed by atoms with Crippen LogP contribution in [0.5, 0.6) is 0 Å². The van der Waals surface area contributed by atoms with Gasteiger partial charge in [-0.3, -0.25) is 4.79 Å². The second kappa shape index (κ2) is 6.22. The Balaban J connectivity index is 2.03. The highest BCUT2D eigenvalue weighted by molar-refractivity contribution is 6.00. The molecule has 1 N–H and O–H groups in total. The molecule has 0 bridgehead atoms. The summed E-state index contributed by atoms with van der Waals surface area (Å²) in [5, 5.41) is 3.81. The molecular weight excluding hydrogens is 272 g/mol. The zero-order valence-electron chi connectivity index (χ0n) is 12.3. The monoisotopic (exact) mass is 288 g/mol. The van der Waals surface area contributed by atoms with Crippen LogP contribution in [0, 0.1) is 0 Å². The molecule has 1 heterocycles. The number of nitrogens with zero attached hydrogens (tertiary/aromatic N) is 1. The van der Waals surface area contributed by atoms with Gasteiger partial charge in [0.1, 0.15) is 0 Å². The lowest BCUT2D eigenvalue weighted by molar-refractivity contribution is -0.114. The number of carbonyl (C=O) groups excluding carboxylic acids is 1. The number of anilines is 1. The van der Waals surface area contributed by atoms with Crippen LogP contribution in [0.1, 0.15) is 18.2 Å². The van der Waals surface area contributed by atoms with E-state index in [2.05, 4.69) is 10.3 Å². The van der Waals surface area contributed by atoms with Gasteiger partial charge in [0.2, 0.25) is 5.91 Å². The van der Waals surface area contributed by atoms with Gasteiger partial charge >= 0.3 is 0 Å². The van der Waals surface area contributed by atoms with Crippen molar-refractivity contribution in [1.82, 2.24) is 4.98 Å². The second-order valence-electron chi connectivity index (χ2n) is 5.04. The smallest absolute Gasteiger partial charge is 0.221 e. The predicted molar refractivity (Wildman–Crippen MR) is 91.4 cm³/mol. The molecule has 0 fully saturated rings. The quantitative estimate of drug-likeness (QED) is 0.778. The van der Waals surface area contributed by atoms with Crippen molar-refractivity contribution in [1.29, 1.82) is 0 Å². The number of rotatable bonds is 3. The third-order valence-electron chi connectivity index (χ3n) is 3.29. The first-order chi connectivity index (χ1) is 10.7. The van der Waals surface area contributed by atoms with E-state index in [0.717, 1.165) is 27.8 Å². The van der Waals surface area contributed by atoms with Crippen molar-refractivity contribution < 1.29 is 4.79 Å². The molecule has 0 saturated heterocycles. The molecule has 0 radical (unpaired) electrons. The Kier molecular flexibility index (Phi) is 3.97. The molecule has 2 aromatic carbocycles. The Labute approximate surface area is 129 Å². The summed E-state index contributed by atoms with van der Waals surface area (Å²) >= 11 is 0. The minimum absolute atomic E-state index is 0.0886. The van der Waals surface area contributed by atoms with E-state index in [0.29, 0.717) is 0 Å². The van der Waals surface area contributed by atoms with Crippen molar-refractivity contribution in [2.24, 2.45) is 0 Å². The minimum Gasteiger partial charge on any atom is -0.326 e. The van der Waals surface area contributed by atoms with Gasteiger partial charge < -0.3 is 5.32 Å². The van der Waals surface area contributed by atoms with Gasteiger partial charge in [-0.05, 0) is 23.8 Å². The fourth-order valence-electron chi connectivity index (χ4n) is 2.32. The largest absolute Gasteiger partial charge is 0.326 e.